The largest absolute Gasteiger partial charge is 0.310 e. The quantitative estimate of drug-likeness (QED) is 0.744. The van der Waals surface area contributed by atoms with Crippen molar-refractivity contribution in [3.8, 4) is 0 Å². The fourth-order valence-electron chi connectivity index (χ4n) is 1.53. The van der Waals surface area contributed by atoms with Crippen LogP contribution in [-0.4, -0.2) is 31.5 Å². The van der Waals surface area contributed by atoms with Crippen LogP contribution in [0.3, 0.4) is 0 Å². The van der Waals surface area contributed by atoms with Gasteiger partial charge < -0.3 is 5.32 Å². The Bertz CT molecular complexity index is 444. The molecule has 0 fully saturated rings. The van der Waals surface area contributed by atoms with E-state index in [9.17, 15) is 8.42 Å². The fourth-order valence-corrected chi connectivity index (χ4v) is 2.28. The third-order valence-corrected chi connectivity index (χ3v) is 4.39. The maximum atomic E-state index is 11.3. The van der Waals surface area contributed by atoms with E-state index in [1.807, 2.05) is 12.1 Å². The first-order chi connectivity index (χ1) is 8.09. The predicted molar refractivity (Wildman–Crippen MR) is 69.6 cm³/mol. The van der Waals surface area contributed by atoms with E-state index in [2.05, 4.69) is 17.2 Å². The van der Waals surface area contributed by atoms with Crippen molar-refractivity contribution < 1.29 is 8.42 Å². The standard InChI is InChI=1S/C12H20N2O2S/c1-3-11-6-5-7-14-12(11)10-13-8-9-17(15,16)4-2/h5-7,13H,3-4,8-10H2,1-2H3. The first-order valence-corrected chi connectivity index (χ1v) is 7.75. The topological polar surface area (TPSA) is 59.1 Å². The van der Waals surface area contributed by atoms with Gasteiger partial charge in [-0.2, -0.15) is 0 Å². The smallest absolute Gasteiger partial charge is 0.151 e. The molecule has 0 aliphatic carbocycles. The van der Waals surface area contributed by atoms with Gasteiger partial charge in [-0.3, -0.25) is 4.98 Å². The summed E-state index contributed by atoms with van der Waals surface area (Å²) in [5.41, 5.74) is 2.21. The van der Waals surface area contributed by atoms with E-state index in [-0.39, 0.29) is 11.5 Å². The average molecular weight is 256 g/mol. The molecule has 4 nitrogen and oxygen atoms in total. The fraction of sp³-hybridized carbons (Fsp3) is 0.583. The first-order valence-electron chi connectivity index (χ1n) is 5.93. The summed E-state index contributed by atoms with van der Waals surface area (Å²) in [4.78, 5) is 4.29. The zero-order chi connectivity index (χ0) is 12.7. The molecule has 0 aliphatic heterocycles. The van der Waals surface area contributed by atoms with Crippen LogP contribution in [0.5, 0.6) is 0 Å². The molecule has 0 radical (unpaired) electrons. The lowest BCUT2D eigenvalue weighted by atomic mass is 10.1. The third-order valence-electron chi connectivity index (χ3n) is 2.69. The Morgan fingerprint density at radius 2 is 2.12 bits per heavy atom. The van der Waals surface area contributed by atoms with Crippen molar-refractivity contribution in [1.29, 1.82) is 0 Å². The van der Waals surface area contributed by atoms with Crippen LogP contribution in [0, 0.1) is 0 Å². The van der Waals surface area contributed by atoms with Crippen LogP contribution in [0.1, 0.15) is 25.1 Å². The highest BCUT2D eigenvalue weighted by Crippen LogP contribution is 2.05. The van der Waals surface area contributed by atoms with Gasteiger partial charge in [-0.25, -0.2) is 8.42 Å². The lowest BCUT2D eigenvalue weighted by Crippen LogP contribution is -2.24. The van der Waals surface area contributed by atoms with Crippen LogP contribution >= 0.6 is 0 Å². The second kappa shape index (κ2) is 6.71. The summed E-state index contributed by atoms with van der Waals surface area (Å²) in [6, 6.07) is 3.97. The summed E-state index contributed by atoms with van der Waals surface area (Å²) in [6.45, 7) is 4.87. The van der Waals surface area contributed by atoms with Gasteiger partial charge in [0.15, 0.2) is 9.84 Å². The molecule has 0 unspecified atom stereocenters. The molecule has 0 bridgehead atoms. The molecule has 17 heavy (non-hydrogen) atoms. The van der Waals surface area contributed by atoms with Crippen LogP contribution in [0.25, 0.3) is 0 Å². The number of rotatable bonds is 7. The number of nitrogens with zero attached hydrogens (tertiary/aromatic N) is 1. The van der Waals surface area contributed by atoms with Crippen LogP contribution in [0.4, 0.5) is 0 Å². The normalized spacial score (nSPS) is 11.6. The summed E-state index contributed by atoms with van der Waals surface area (Å²) in [5, 5.41) is 3.13. The number of aryl methyl sites for hydroxylation is 1. The third kappa shape index (κ3) is 4.83. The van der Waals surface area contributed by atoms with E-state index in [0.717, 1.165) is 12.1 Å². The van der Waals surface area contributed by atoms with Gasteiger partial charge in [0.2, 0.25) is 0 Å². The van der Waals surface area contributed by atoms with Crippen molar-refractivity contribution in [1.82, 2.24) is 10.3 Å². The Balaban J connectivity index is 2.41. The Kier molecular flexibility index (Phi) is 5.58. The van der Waals surface area contributed by atoms with Crippen LogP contribution < -0.4 is 5.32 Å². The first kappa shape index (κ1) is 14.1. The van der Waals surface area contributed by atoms with Gasteiger partial charge in [0.1, 0.15) is 0 Å². The SMILES string of the molecule is CCc1cccnc1CNCCS(=O)(=O)CC. The molecule has 1 heterocycles. The minimum absolute atomic E-state index is 0.192. The molecule has 0 saturated carbocycles. The summed E-state index contributed by atoms with van der Waals surface area (Å²) in [6.07, 6.45) is 2.71. The number of pyridine rings is 1. The van der Waals surface area contributed by atoms with Crippen LogP contribution in [-0.2, 0) is 22.8 Å². The number of hydrogen-bond donors (Lipinski definition) is 1. The molecule has 1 aromatic rings. The molecule has 0 aliphatic rings. The van der Waals surface area contributed by atoms with Gasteiger partial charge in [-0.15, -0.1) is 0 Å². The molecule has 1 N–H and O–H groups in total. The van der Waals surface area contributed by atoms with Gasteiger partial charge in [0.05, 0.1) is 11.4 Å². The van der Waals surface area contributed by atoms with Crippen molar-refractivity contribution >= 4 is 9.84 Å². The van der Waals surface area contributed by atoms with Gasteiger partial charge >= 0.3 is 0 Å². The van der Waals surface area contributed by atoms with Gasteiger partial charge in [-0.05, 0) is 18.1 Å². The maximum absolute atomic E-state index is 11.3. The highest BCUT2D eigenvalue weighted by atomic mass is 32.2. The van der Waals surface area contributed by atoms with Gasteiger partial charge in [-0.1, -0.05) is 19.9 Å². The number of hydrogen-bond acceptors (Lipinski definition) is 4. The molecular formula is C12H20N2O2S. The number of nitrogens with one attached hydrogen (secondary N) is 1. The molecule has 0 spiro atoms. The van der Waals surface area contributed by atoms with E-state index >= 15 is 0 Å². The Morgan fingerprint density at radius 1 is 1.35 bits per heavy atom. The van der Waals surface area contributed by atoms with Crippen molar-refractivity contribution in [2.24, 2.45) is 0 Å². The van der Waals surface area contributed by atoms with E-state index in [4.69, 9.17) is 0 Å². The van der Waals surface area contributed by atoms with Crippen LogP contribution in [0.15, 0.2) is 18.3 Å². The van der Waals surface area contributed by atoms with Crippen LogP contribution in [0.2, 0.25) is 0 Å². The molecule has 1 rings (SSSR count). The monoisotopic (exact) mass is 256 g/mol. The number of aromatic nitrogens is 1. The highest BCUT2D eigenvalue weighted by molar-refractivity contribution is 7.91. The second-order valence-corrected chi connectivity index (χ2v) is 6.35. The zero-order valence-electron chi connectivity index (χ0n) is 10.4. The van der Waals surface area contributed by atoms with E-state index in [1.54, 1.807) is 13.1 Å². The van der Waals surface area contributed by atoms with E-state index in [1.165, 1.54) is 5.56 Å². The predicted octanol–water partition coefficient (Wildman–Crippen LogP) is 1.17. The van der Waals surface area contributed by atoms with Crippen molar-refractivity contribution in [3.05, 3.63) is 29.6 Å². The Labute approximate surface area is 103 Å². The minimum atomic E-state index is -2.87. The Hall–Kier alpha value is -0.940. The van der Waals surface area contributed by atoms with Crippen molar-refractivity contribution in [2.45, 2.75) is 26.8 Å². The van der Waals surface area contributed by atoms with E-state index < -0.39 is 9.84 Å². The Morgan fingerprint density at radius 3 is 2.76 bits per heavy atom. The van der Waals surface area contributed by atoms with Crippen molar-refractivity contribution in [2.75, 3.05) is 18.1 Å². The number of sulfone groups is 1. The van der Waals surface area contributed by atoms with Gasteiger partial charge in [0, 0.05) is 25.0 Å². The highest BCUT2D eigenvalue weighted by Gasteiger charge is 2.06. The molecule has 96 valence electrons. The lowest BCUT2D eigenvalue weighted by molar-refractivity contribution is 0.591. The molecule has 1 aromatic heterocycles. The molecule has 5 heteroatoms. The summed E-state index contributed by atoms with van der Waals surface area (Å²) in [7, 11) is -2.87. The molecular weight excluding hydrogens is 236 g/mol. The average Bonchev–Trinajstić information content (AvgIpc) is 2.35. The molecule has 0 amide bonds. The molecule has 0 atom stereocenters. The zero-order valence-corrected chi connectivity index (χ0v) is 11.3. The minimum Gasteiger partial charge on any atom is -0.310 e. The molecule has 0 saturated heterocycles. The van der Waals surface area contributed by atoms with Gasteiger partial charge in [0.25, 0.3) is 0 Å². The van der Waals surface area contributed by atoms with Crippen molar-refractivity contribution in [3.63, 3.8) is 0 Å². The summed E-state index contributed by atoms with van der Waals surface area (Å²) >= 11 is 0. The maximum Gasteiger partial charge on any atom is 0.151 e. The second-order valence-electron chi connectivity index (χ2n) is 3.88. The van der Waals surface area contributed by atoms with E-state index in [0.29, 0.717) is 13.1 Å². The lowest BCUT2D eigenvalue weighted by Gasteiger charge is -2.08. The summed E-state index contributed by atoms with van der Waals surface area (Å²) in [5.74, 6) is 0.399. The summed E-state index contributed by atoms with van der Waals surface area (Å²) < 4.78 is 22.6. The molecule has 0 aromatic carbocycles.